The van der Waals surface area contributed by atoms with E-state index in [9.17, 15) is 4.79 Å². The van der Waals surface area contributed by atoms with Gasteiger partial charge in [0.05, 0.1) is 16.8 Å². The third-order valence-electron chi connectivity index (χ3n) is 3.74. The first-order valence-electron chi connectivity index (χ1n) is 7.78. The molecule has 1 N–H and O–H groups in total. The lowest BCUT2D eigenvalue weighted by atomic mass is 10.2. The number of benzene rings is 2. The Hall–Kier alpha value is -2.93. The summed E-state index contributed by atoms with van der Waals surface area (Å²) in [6.45, 7) is 1.99. The van der Waals surface area contributed by atoms with Crippen LogP contribution in [0.1, 0.15) is 5.56 Å². The third-order valence-corrected chi connectivity index (χ3v) is 4.70. The number of carbonyl (C=O) groups excluding carboxylic acids is 1. The number of nitrogens with one attached hydrogen (secondary N) is 1. The van der Waals surface area contributed by atoms with E-state index in [2.05, 4.69) is 20.5 Å². The number of nitrogens with zero attached hydrogens (tertiary/aromatic N) is 4. The molecule has 0 unspecified atom stereocenters. The van der Waals surface area contributed by atoms with Gasteiger partial charge in [-0.15, -0.1) is 10.2 Å². The maximum absolute atomic E-state index is 12.2. The topological polar surface area (TPSA) is 72.2 Å². The van der Waals surface area contributed by atoms with Crippen LogP contribution in [-0.4, -0.2) is 31.2 Å². The Labute approximate surface area is 148 Å². The molecule has 0 spiro atoms. The number of fused-ring (bicyclic) bond motifs is 3. The molecule has 0 aliphatic carbocycles. The van der Waals surface area contributed by atoms with Crippen LogP contribution in [0.5, 0.6) is 0 Å². The number of hydrogen-bond donors (Lipinski definition) is 1. The quantitative estimate of drug-likeness (QED) is 0.572. The molecular weight excluding hydrogens is 334 g/mol. The highest BCUT2D eigenvalue weighted by Gasteiger charge is 2.12. The molecule has 4 rings (SSSR count). The summed E-state index contributed by atoms with van der Waals surface area (Å²) in [5.41, 5.74) is 4.34. The van der Waals surface area contributed by atoms with Crippen molar-refractivity contribution in [3.63, 3.8) is 0 Å². The Morgan fingerprint density at radius 1 is 1.20 bits per heavy atom. The summed E-state index contributed by atoms with van der Waals surface area (Å²) in [6.07, 6.45) is 1.66. The summed E-state index contributed by atoms with van der Waals surface area (Å²) < 4.78 is 1.89. The number of thioether (sulfide) groups is 1. The average molecular weight is 349 g/mol. The summed E-state index contributed by atoms with van der Waals surface area (Å²) in [4.78, 5) is 16.9. The van der Waals surface area contributed by atoms with Crippen molar-refractivity contribution in [3.05, 3.63) is 60.4 Å². The van der Waals surface area contributed by atoms with Crippen molar-refractivity contribution in [2.45, 2.75) is 11.9 Å². The first-order chi connectivity index (χ1) is 12.2. The molecule has 0 aliphatic rings. The minimum atomic E-state index is -0.0803. The highest BCUT2D eigenvalue weighted by atomic mass is 32.2. The molecule has 4 aromatic rings. The average Bonchev–Trinajstić information content (AvgIpc) is 3.10. The van der Waals surface area contributed by atoms with Gasteiger partial charge < -0.3 is 5.32 Å². The van der Waals surface area contributed by atoms with E-state index in [4.69, 9.17) is 0 Å². The predicted molar refractivity (Wildman–Crippen MR) is 98.8 cm³/mol. The second-order valence-electron chi connectivity index (χ2n) is 5.64. The number of para-hydroxylation sites is 2. The van der Waals surface area contributed by atoms with Crippen LogP contribution in [0.15, 0.2) is 59.9 Å². The first kappa shape index (κ1) is 15.6. The molecule has 0 aliphatic heterocycles. The molecule has 0 fully saturated rings. The molecule has 0 saturated carbocycles. The van der Waals surface area contributed by atoms with Crippen LogP contribution in [0, 0.1) is 6.92 Å². The number of carbonyl (C=O) groups is 1. The van der Waals surface area contributed by atoms with Gasteiger partial charge in [-0.05, 0) is 36.8 Å². The summed E-state index contributed by atoms with van der Waals surface area (Å²) >= 11 is 1.35. The van der Waals surface area contributed by atoms with Crippen molar-refractivity contribution in [2.75, 3.05) is 11.1 Å². The Morgan fingerprint density at radius 3 is 2.96 bits per heavy atom. The van der Waals surface area contributed by atoms with Crippen LogP contribution >= 0.6 is 11.8 Å². The van der Waals surface area contributed by atoms with Gasteiger partial charge in [-0.3, -0.25) is 9.20 Å². The summed E-state index contributed by atoms with van der Waals surface area (Å²) in [5.74, 6) is 0.171. The number of anilines is 1. The summed E-state index contributed by atoms with van der Waals surface area (Å²) in [7, 11) is 0. The minimum Gasteiger partial charge on any atom is -0.325 e. The highest BCUT2D eigenvalue weighted by Crippen LogP contribution is 2.24. The van der Waals surface area contributed by atoms with Crippen LogP contribution in [-0.2, 0) is 4.79 Å². The molecular formula is C18H15N5OS. The number of aromatic nitrogens is 4. The molecule has 2 heterocycles. The highest BCUT2D eigenvalue weighted by molar-refractivity contribution is 8.00. The Balaban J connectivity index is 1.56. The lowest BCUT2D eigenvalue weighted by Crippen LogP contribution is -2.14. The van der Waals surface area contributed by atoms with Crippen LogP contribution in [0.2, 0.25) is 0 Å². The maximum Gasteiger partial charge on any atom is 0.234 e. The van der Waals surface area contributed by atoms with E-state index < -0.39 is 0 Å². The first-order valence-corrected chi connectivity index (χ1v) is 8.77. The number of hydrogen-bond acceptors (Lipinski definition) is 5. The SMILES string of the molecule is Cc1cccc(NC(=O)CSc2nc3ccccc3n3cnnc23)c1. The fourth-order valence-electron chi connectivity index (χ4n) is 2.63. The van der Waals surface area contributed by atoms with Crippen molar-refractivity contribution < 1.29 is 4.79 Å². The molecule has 0 bridgehead atoms. The van der Waals surface area contributed by atoms with Gasteiger partial charge in [-0.25, -0.2) is 4.98 Å². The van der Waals surface area contributed by atoms with Gasteiger partial charge in [0.1, 0.15) is 11.4 Å². The second kappa shape index (κ2) is 6.52. The van der Waals surface area contributed by atoms with E-state index in [0.29, 0.717) is 10.7 Å². The van der Waals surface area contributed by atoms with Crippen LogP contribution in [0.3, 0.4) is 0 Å². The molecule has 0 atom stereocenters. The Kier molecular flexibility index (Phi) is 4.07. The number of aryl methyl sites for hydroxylation is 1. The summed E-state index contributed by atoms with van der Waals surface area (Å²) in [6, 6.07) is 15.5. The monoisotopic (exact) mass is 349 g/mol. The molecule has 7 heteroatoms. The van der Waals surface area contributed by atoms with Gasteiger partial charge in [-0.2, -0.15) is 0 Å². The largest absolute Gasteiger partial charge is 0.325 e. The van der Waals surface area contributed by atoms with Gasteiger partial charge in [0, 0.05) is 5.69 Å². The second-order valence-corrected chi connectivity index (χ2v) is 6.60. The normalized spacial score (nSPS) is 11.1. The van der Waals surface area contributed by atoms with Gasteiger partial charge >= 0.3 is 0 Å². The van der Waals surface area contributed by atoms with Crippen molar-refractivity contribution in [1.82, 2.24) is 19.6 Å². The van der Waals surface area contributed by atoms with Crippen molar-refractivity contribution in [3.8, 4) is 0 Å². The van der Waals surface area contributed by atoms with E-state index in [1.807, 2.05) is 59.9 Å². The van der Waals surface area contributed by atoms with Gasteiger partial charge in [-0.1, -0.05) is 36.0 Å². The zero-order valence-electron chi connectivity index (χ0n) is 13.5. The van der Waals surface area contributed by atoms with Gasteiger partial charge in [0.25, 0.3) is 0 Å². The zero-order valence-corrected chi connectivity index (χ0v) is 14.3. The number of rotatable bonds is 4. The fourth-order valence-corrected chi connectivity index (χ4v) is 3.40. The van der Waals surface area contributed by atoms with Crippen molar-refractivity contribution in [2.24, 2.45) is 0 Å². The molecule has 0 saturated heterocycles. The third kappa shape index (κ3) is 3.18. The van der Waals surface area contributed by atoms with Gasteiger partial charge in [0.2, 0.25) is 5.91 Å². The fraction of sp³-hybridized carbons (Fsp3) is 0.111. The molecule has 1 amide bonds. The van der Waals surface area contributed by atoms with Crippen LogP contribution in [0.4, 0.5) is 5.69 Å². The molecule has 2 aromatic carbocycles. The van der Waals surface area contributed by atoms with Gasteiger partial charge in [0.15, 0.2) is 5.65 Å². The zero-order chi connectivity index (χ0) is 17.2. The molecule has 124 valence electrons. The Bertz CT molecular complexity index is 1080. The van der Waals surface area contributed by atoms with E-state index in [-0.39, 0.29) is 11.7 Å². The Morgan fingerprint density at radius 2 is 2.08 bits per heavy atom. The van der Waals surface area contributed by atoms with Crippen LogP contribution in [0.25, 0.3) is 16.7 Å². The summed E-state index contributed by atoms with van der Waals surface area (Å²) in [5, 5.41) is 11.7. The van der Waals surface area contributed by atoms with E-state index in [0.717, 1.165) is 22.3 Å². The molecule has 2 aromatic heterocycles. The number of amides is 1. The van der Waals surface area contributed by atoms with Crippen molar-refractivity contribution >= 4 is 40.0 Å². The maximum atomic E-state index is 12.2. The lowest BCUT2D eigenvalue weighted by Gasteiger charge is -2.07. The minimum absolute atomic E-state index is 0.0803. The standard InChI is InChI=1S/C18H15N5OS/c1-12-5-4-6-13(9-12)20-16(24)10-25-18-17-22-19-11-23(17)15-8-3-2-7-14(15)21-18/h2-9,11H,10H2,1H3,(H,20,24). The molecule has 0 radical (unpaired) electrons. The molecule has 6 nitrogen and oxygen atoms in total. The lowest BCUT2D eigenvalue weighted by molar-refractivity contribution is -0.113. The van der Waals surface area contributed by atoms with Crippen molar-refractivity contribution in [1.29, 1.82) is 0 Å². The van der Waals surface area contributed by atoms with E-state index in [1.54, 1.807) is 6.33 Å². The smallest absolute Gasteiger partial charge is 0.234 e. The van der Waals surface area contributed by atoms with Crippen LogP contribution < -0.4 is 5.32 Å². The predicted octanol–water partition coefficient (Wildman–Crippen LogP) is 3.32. The van der Waals surface area contributed by atoms with E-state index in [1.165, 1.54) is 11.8 Å². The van der Waals surface area contributed by atoms with E-state index >= 15 is 0 Å². The molecule has 25 heavy (non-hydrogen) atoms.